The SMILES string of the molecule is Cn1c(=O)c2c(=O)[nH]c(=O)n(C)c2n(C)c1=O. The van der Waals surface area contributed by atoms with Crippen LogP contribution in [-0.2, 0) is 21.1 Å². The molecule has 17 heavy (non-hydrogen) atoms. The lowest BCUT2D eigenvalue weighted by molar-refractivity contribution is 0.680. The molecule has 2 aromatic heterocycles. The highest BCUT2D eigenvalue weighted by atomic mass is 16.2. The van der Waals surface area contributed by atoms with E-state index < -0.39 is 22.5 Å². The second-order valence-corrected chi connectivity index (χ2v) is 3.72. The third-order valence-corrected chi connectivity index (χ3v) is 2.70. The van der Waals surface area contributed by atoms with Gasteiger partial charge in [-0.05, 0) is 0 Å². The van der Waals surface area contributed by atoms with Gasteiger partial charge in [0, 0.05) is 21.1 Å². The molecule has 2 heterocycles. The van der Waals surface area contributed by atoms with Crippen LogP contribution in [0.25, 0.3) is 11.0 Å². The van der Waals surface area contributed by atoms with Crippen molar-refractivity contribution in [2.24, 2.45) is 21.1 Å². The molecule has 0 aliphatic rings. The fourth-order valence-electron chi connectivity index (χ4n) is 1.76. The van der Waals surface area contributed by atoms with Crippen molar-refractivity contribution in [3.8, 4) is 0 Å². The van der Waals surface area contributed by atoms with E-state index in [1.165, 1.54) is 21.1 Å². The van der Waals surface area contributed by atoms with Crippen LogP contribution < -0.4 is 22.5 Å². The van der Waals surface area contributed by atoms with Crippen molar-refractivity contribution in [1.82, 2.24) is 18.7 Å². The molecular formula is C9H10N4O4. The van der Waals surface area contributed by atoms with Crippen molar-refractivity contribution in [1.29, 1.82) is 0 Å². The zero-order valence-electron chi connectivity index (χ0n) is 9.47. The maximum absolute atomic E-state index is 11.8. The number of hydrogen-bond donors (Lipinski definition) is 1. The Morgan fingerprint density at radius 1 is 0.882 bits per heavy atom. The lowest BCUT2D eigenvalue weighted by atomic mass is 10.4. The lowest BCUT2D eigenvalue weighted by Gasteiger charge is -2.09. The van der Waals surface area contributed by atoms with Gasteiger partial charge in [-0.2, -0.15) is 0 Å². The number of nitrogens with zero attached hydrogens (tertiary/aromatic N) is 3. The first-order valence-electron chi connectivity index (χ1n) is 4.75. The maximum atomic E-state index is 11.8. The Morgan fingerprint density at radius 3 is 2.06 bits per heavy atom. The highest BCUT2D eigenvalue weighted by Gasteiger charge is 2.14. The van der Waals surface area contributed by atoms with Gasteiger partial charge in [0.05, 0.1) is 0 Å². The predicted molar refractivity (Wildman–Crippen MR) is 60.3 cm³/mol. The number of fused-ring (bicyclic) bond motifs is 1. The van der Waals surface area contributed by atoms with Crippen molar-refractivity contribution in [2.45, 2.75) is 0 Å². The van der Waals surface area contributed by atoms with Gasteiger partial charge in [-0.25, -0.2) is 9.59 Å². The molecular weight excluding hydrogens is 228 g/mol. The second kappa shape index (κ2) is 3.30. The number of nitrogens with one attached hydrogen (secondary N) is 1. The van der Waals surface area contributed by atoms with Crippen LogP contribution >= 0.6 is 0 Å². The van der Waals surface area contributed by atoms with E-state index >= 15 is 0 Å². The summed E-state index contributed by atoms with van der Waals surface area (Å²) in [5.41, 5.74) is -2.78. The van der Waals surface area contributed by atoms with Gasteiger partial charge in [-0.1, -0.05) is 0 Å². The normalized spacial score (nSPS) is 11.0. The molecule has 0 aromatic carbocycles. The molecule has 0 aliphatic heterocycles. The molecule has 0 saturated carbocycles. The monoisotopic (exact) mass is 238 g/mol. The smallest absolute Gasteiger partial charge is 0.282 e. The van der Waals surface area contributed by atoms with Crippen LogP contribution in [0.15, 0.2) is 19.2 Å². The van der Waals surface area contributed by atoms with Crippen LogP contribution in [0.5, 0.6) is 0 Å². The zero-order valence-corrected chi connectivity index (χ0v) is 9.47. The Labute approximate surface area is 93.4 Å². The standard InChI is InChI=1S/C9H10N4O4/c1-11-6-4(5(14)10-8(11)16)7(15)13(3)9(17)12(6)2/h1-3H3,(H,10,14,16). The van der Waals surface area contributed by atoms with Crippen LogP contribution in [0.3, 0.4) is 0 Å². The summed E-state index contributed by atoms with van der Waals surface area (Å²) in [6, 6.07) is 0. The van der Waals surface area contributed by atoms with Crippen LogP contribution in [0.1, 0.15) is 0 Å². The zero-order chi connectivity index (χ0) is 12.9. The maximum Gasteiger partial charge on any atom is 0.332 e. The van der Waals surface area contributed by atoms with Crippen molar-refractivity contribution in [3.63, 3.8) is 0 Å². The molecule has 0 fully saturated rings. The Hall–Kier alpha value is -2.38. The van der Waals surface area contributed by atoms with Crippen molar-refractivity contribution >= 4 is 11.0 Å². The Morgan fingerprint density at radius 2 is 1.47 bits per heavy atom. The number of H-pyrrole nitrogens is 1. The summed E-state index contributed by atoms with van der Waals surface area (Å²) in [7, 11) is 4.04. The minimum atomic E-state index is -0.792. The first kappa shape index (κ1) is 11.1. The molecule has 0 bridgehead atoms. The Bertz CT molecular complexity index is 849. The summed E-state index contributed by atoms with van der Waals surface area (Å²) >= 11 is 0. The number of aromatic nitrogens is 4. The average molecular weight is 238 g/mol. The van der Waals surface area contributed by atoms with Crippen LogP contribution in [0.4, 0.5) is 0 Å². The topological polar surface area (TPSA) is 98.9 Å². The molecule has 0 spiro atoms. The van der Waals surface area contributed by atoms with Gasteiger partial charge in [0.25, 0.3) is 11.1 Å². The van der Waals surface area contributed by atoms with Gasteiger partial charge in [0.2, 0.25) is 0 Å². The largest absolute Gasteiger partial charge is 0.332 e. The van der Waals surface area contributed by atoms with E-state index in [4.69, 9.17) is 0 Å². The van der Waals surface area contributed by atoms with Crippen molar-refractivity contribution in [3.05, 3.63) is 41.7 Å². The molecule has 90 valence electrons. The van der Waals surface area contributed by atoms with E-state index in [0.29, 0.717) is 0 Å². The lowest BCUT2D eigenvalue weighted by Crippen LogP contribution is -2.43. The van der Waals surface area contributed by atoms with E-state index in [9.17, 15) is 19.2 Å². The molecule has 1 N–H and O–H groups in total. The van der Waals surface area contributed by atoms with Gasteiger partial charge in [-0.3, -0.25) is 28.3 Å². The average Bonchev–Trinajstić information content (AvgIpc) is 2.28. The van der Waals surface area contributed by atoms with E-state index in [0.717, 1.165) is 13.7 Å². The number of hydrogen-bond acceptors (Lipinski definition) is 4. The third-order valence-electron chi connectivity index (χ3n) is 2.70. The van der Waals surface area contributed by atoms with Crippen molar-refractivity contribution < 1.29 is 0 Å². The summed E-state index contributed by atoms with van der Waals surface area (Å²) in [6.07, 6.45) is 0. The summed E-state index contributed by atoms with van der Waals surface area (Å²) < 4.78 is 2.97. The second-order valence-electron chi connectivity index (χ2n) is 3.72. The molecule has 2 rings (SSSR count). The first-order chi connectivity index (χ1) is 7.86. The van der Waals surface area contributed by atoms with Gasteiger partial charge >= 0.3 is 11.4 Å². The van der Waals surface area contributed by atoms with Crippen LogP contribution in [0, 0.1) is 0 Å². The fraction of sp³-hybridized carbons (Fsp3) is 0.333. The van der Waals surface area contributed by atoms with Gasteiger partial charge in [0.1, 0.15) is 11.0 Å². The summed E-state index contributed by atoms with van der Waals surface area (Å²) in [6.45, 7) is 0. The van der Waals surface area contributed by atoms with E-state index in [2.05, 4.69) is 0 Å². The minimum absolute atomic E-state index is 0.00634. The molecule has 0 aliphatic carbocycles. The third kappa shape index (κ3) is 1.30. The first-order valence-corrected chi connectivity index (χ1v) is 4.75. The number of aryl methyl sites for hydroxylation is 2. The fourth-order valence-corrected chi connectivity index (χ4v) is 1.76. The summed E-state index contributed by atoms with van der Waals surface area (Å²) in [4.78, 5) is 48.5. The van der Waals surface area contributed by atoms with Gasteiger partial charge in [0.15, 0.2) is 0 Å². The number of rotatable bonds is 0. The minimum Gasteiger partial charge on any atom is -0.282 e. The van der Waals surface area contributed by atoms with Gasteiger partial charge in [-0.15, -0.1) is 0 Å². The van der Waals surface area contributed by atoms with Gasteiger partial charge < -0.3 is 0 Å². The molecule has 0 amide bonds. The highest BCUT2D eigenvalue weighted by Crippen LogP contribution is 1.96. The molecule has 0 radical (unpaired) electrons. The van der Waals surface area contributed by atoms with Crippen LogP contribution in [-0.4, -0.2) is 18.7 Å². The predicted octanol–water partition coefficient (Wildman–Crippen LogP) is -2.38. The number of aromatic amines is 1. The molecule has 8 heteroatoms. The Kier molecular flexibility index (Phi) is 2.16. The summed E-state index contributed by atoms with van der Waals surface area (Å²) in [5.74, 6) is 0. The molecule has 0 atom stereocenters. The van der Waals surface area contributed by atoms with E-state index in [-0.39, 0.29) is 11.0 Å². The molecule has 8 nitrogen and oxygen atoms in total. The molecule has 0 unspecified atom stereocenters. The molecule has 2 aromatic rings. The summed E-state index contributed by atoms with van der Waals surface area (Å²) in [5, 5.41) is -0.211. The quantitative estimate of drug-likeness (QED) is 0.554. The van der Waals surface area contributed by atoms with E-state index in [1.54, 1.807) is 0 Å². The van der Waals surface area contributed by atoms with Crippen molar-refractivity contribution in [2.75, 3.05) is 0 Å². The van der Waals surface area contributed by atoms with Crippen LogP contribution in [0.2, 0.25) is 0 Å². The highest BCUT2D eigenvalue weighted by molar-refractivity contribution is 5.72. The van der Waals surface area contributed by atoms with E-state index in [1.807, 2.05) is 4.98 Å². The molecule has 0 saturated heterocycles. The Balaban J connectivity index is 3.43.